The smallest absolute Gasteiger partial charge is 0.230 e. The van der Waals surface area contributed by atoms with E-state index in [1.807, 2.05) is 0 Å². The average molecular weight is 870 g/mol. The molecule has 6 N–H and O–H groups in total. The number of hydroxylamine groups is 4. The van der Waals surface area contributed by atoms with E-state index in [1.54, 1.807) is 0 Å². The fourth-order valence-electron chi connectivity index (χ4n) is 11.6. The third-order valence-electron chi connectivity index (χ3n) is 14.3. The minimum atomic E-state index is -0.175. The highest BCUT2D eigenvalue weighted by Gasteiger charge is 2.51. The van der Waals surface area contributed by atoms with Crippen molar-refractivity contribution in [3.8, 4) is 0 Å². The maximum absolute atomic E-state index is 6.99. The van der Waals surface area contributed by atoms with Gasteiger partial charge in [-0.05, 0) is 152 Å². The van der Waals surface area contributed by atoms with Crippen LogP contribution in [-0.2, 0) is 9.68 Å². The van der Waals surface area contributed by atoms with Gasteiger partial charge in [-0.25, -0.2) is 0 Å². The minimum absolute atomic E-state index is 0.102. The lowest BCUT2D eigenvalue weighted by atomic mass is 9.78. The lowest BCUT2D eigenvalue weighted by Crippen LogP contribution is -2.65. The van der Waals surface area contributed by atoms with E-state index in [2.05, 4.69) is 99.8 Å². The molecule has 13 nitrogen and oxygen atoms in total. The van der Waals surface area contributed by atoms with Gasteiger partial charge in [0.15, 0.2) is 5.82 Å². The molecule has 0 radical (unpaired) electrons. The van der Waals surface area contributed by atoms with Crippen molar-refractivity contribution in [3.63, 3.8) is 0 Å². The molecule has 1 aromatic rings. The normalized spacial score (nSPS) is 23.4. The number of nitrogens with zero attached hydrogens (tertiary/aromatic N) is 7. The zero-order valence-corrected chi connectivity index (χ0v) is 41.6. The predicted molar refractivity (Wildman–Crippen MR) is 257 cm³/mol. The fourth-order valence-corrected chi connectivity index (χ4v) is 11.6. The lowest BCUT2D eigenvalue weighted by Gasteiger charge is -2.57. The van der Waals surface area contributed by atoms with Gasteiger partial charge in [0.2, 0.25) is 11.9 Å². The zero-order chi connectivity index (χ0) is 45.0. The first-order valence-corrected chi connectivity index (χ1v) is 25.6. The van der Waals surface area contributed by atoms with Crippen molar-refractivity contribution >= 4 is 11.9 Å². The molecule has 2 saturated heterocycles. The van der Waals surface area contributed by atoms with E-state index in [0.717, 1.165) is 140 Å². The average Bonchev–Trinajstić information content (AvgIpc) is 3.22. The molecule has 2 aliphatic heterocycles. The molecule has 358 valence electrons. The molecule has 62 heavy (non-hydrogen) atoms. The molecule has 1 unspecified atom stereocenters. The summed E-state index contributed by atoms with van der Waals surface area (Å²) in [7, 11) is 0. The molecule has 13 heteroatoms. The van der Waals surface area contributed by atoms with Gasteiger partial charge >= 0.3 is 0 Å². The van der Waals surface area contributed by atoms with E-state index in [9.17, 15) is 0 Å². The van der Waals surface area contributed by atoms with Gasteiger partial charge in [0.05, 0.1) is 18.2 Å². The van der Waals surface area contributed by atoms with Crippen LogP contribution in [0.4, 0.5) is 11.9 Å². The van der Waals surface area contributed by atoms with Crippen molar-refractivity contribution in [1.29, 1.82) is 0 Å². The van der Waals surface area contributed by atoms with E-state index >= 15 is 0 Å². The number of unbranched alkanes of at least 4 members (excludes halogenated alkanes) is 2. The minimum Gasteiger partial charge on any atom is -0.338 e. The summed E-state index contributed by atoms with van der Waals surface area (Å²) in [4.78, 5) is 35.8. The Kier molecular flexibility index (Phi) is 19.6. The van der Waals surface area contributed by atoms with Crippen LogP contribution >= 0.6 is 0 Å². The molecule has 0 spiro atoms. The molecule has 2 saturated carbocycles. The Balaban J connectivity index is 1.54. The van der Waals surface area contributed by atoms with Gasteiger partial charge in [0, 0.05) is 60.4 Å². The van der Waals surface area contributed by atoms with Crippen LogP contribution in [0.2, 0.25) is 0 Å². The van der Waals surface area contributed by atoms with Crippen molar-refractivity contribution in [2.24, 2.45) is 11.5 Å². The summed E-state index contributed by atoms with van der Waals surface area (Å²) in [5, 5.41) is 12.1. The molecule has 0 amide bonds. The summed E-state index contributed by atoms with van der Waals surface area (Å²) in [6, 6.07) is 0.362. The van der Waals surface area contributed by atoms with Crippen LogP contribution in [0.5, 0.6) is 0 Å². The first kappa shape index (κ1) is 51.3. The number of piperidine rings is 2. The van der Waals surface area contributed by atoms with Crippen LogP contribution in [0, 0.1) is 0 Å². The van der Waals surface area contributed by atoms with Crippen molar-refractivity contribution in [3.05, 3.63) is 5.82 Å². The highest BCUT2D eigenvalue weighted by atomic mass is 16.7. The van der Waals surface area contributed by atoms with Crippen LogP contribution in [0.15, 0.2) is 0 Å². The van der Waals surface area contributed by atoms with Crippen LogP contribution in [0.25, 0.3) is 0 Å². The van der Waals surface area contributed by atoms with Gasteiger partial charge in [-0.3, -0.25) is 9.68 Å². The number of rotatable bonds is 24. The van der Waals surface area contributed by atoms with Crippen molar-refractivity contribution < 1.29 is 9.68 Å². The third-order valence-corrected chi connectivity index (χ3v) is 14.3. The summed E-state index contributed by atoms with van der Waals surface area (Å²) < 4.78 is 0. The van der Waals surface area contributed by atoms with E-state index in [0.29, 0.717) is 25.3 Å². The summed E-state index contributed by atoms with van der Waals surface area (Å²) in [5.41, 5.74) is 11.5. The first-order chi connectivity index (χ1) is 29.5. The second kappa shape index (κ2) is 23.7. The molecule has 2 aliphatic carbocycles. The predicted octanol–water partition coefficient (Wildman–Crippen LogP) is 8.57. The zero-order valence-electron chi connectivity index (χ0n) is 41.6. The molecule has 0 bridgehead atoms. The molecular weight excluding hydrogens is 775 g/mol. The monoisotopic (exact) mass is 870 g/mol. The van der Waals surface area contributed by atoms with E-state index in [4.69, 9.17) is 36.1 Å². The Bertz CT molecular complexity index is 1320. The van der Waals surface area contributed by atoms with Gasteiger partial charge in [-0.2, -0.15) is 25.1 Å². The highest BCUT2D eigenvalue weighted by Crippen LogP contribution is 2.45. The molecule has 0 aromatic carbocycles. The number of hydrogen-bond acceptors (Lipinski definition) is 13. The Morgan fingerprint density at radius 2 is 1.03 bits per heavy atom. The van der Waals surface area contributed by atoms with Gasteiger partial charge in [-0.15, -0.1) is 0 Å². The summed E-state index contributed by atoms with van der Waals surface area (Å²) in [6.45, 7) is 29.2. The number of nitrogens with one attached hydrogen (secondary N) is 2. The van der Waals surface area contributed by atoms with Crippen LogP contribution in [-0.4, -0.2) is 117 Å². The second-order valence-corrected chi connectivity index (χ2v) is 22.1. The van der Waals surface area contributed by atoms with Crippen LogP contribution in [0.1, 0.15) is 210 Å². The maximum atomic E-state index is 6.99. The van der Waals surface area contributed by atoms with Crippen molar-refractivity contribution in [2.75, 3.05) is 55.6 Å². The van der Waals surface area contributed by atoms with E-state index < -0.39 is 0 Å². The van der Waals surface area contributed by atoms with Crippen LogP contribution < -0.4 is 31.9 Å². The fraction of sp³-hybridized carbons (Fsp3) is 0.939. The molecule has 3 heterocycles. The van der Waals surface area contributed by atoms with Crippen molar-refractivity contribution in [1.82, 2.24) is 35.7 Å². The SMILES string of the molecule is CCCCN(c1nc(C(CCN)NCCNCCCN)nc(N(CCCC)C2CC(C)(C)N(OC3CCCCC3)C(C)(C)C2)n1)C1CC(C)(C)N(OC2CCCCC2)C(C)(C)C1. The molecule has 1 atom stereocenters. The summed E-state index contributed by atoms with van der Waals surface area (Å²) in [5.74, 6) is 2.41. The van der Waals surface area contributed by atoms with E-state index in [-0.39, 0.29) is 40.3 Å². The maximum Gasteiger partial charge on any atom is 0.230 e. The van der Waals surface area contributed by atoms with Crippen molar-refractivity contribution in [2.45, 2.75) is 250 Å². The van der Waals surface area contributed by atoms with Gasteiger partial charge in [0.25, 0.3) is 0 Å². The number of anilines is 2. The molecule has 4 fully saturated rings. The topological polar surface area (TPSA) is 146 Å². The highest BCUT2D eigenvalue weighted by molar-refractivity contribution is 5.43. The lowest BCUT2D eigenvalue weighted by molar-refractivity contribution is -0.310. The second-order valence-electron chi connectivity index (χ2n) is 22.1. The number of hydrogen-bond donors (Lipinski definition) is 4. The van der Waals surface area contributed by atoms with E-state index in [1.165, 1.54) is 38.5 Å². The molecular formula is C49H95N11O2. The Morgan fingerprint density at radius 3 is 1.42 bits per heavy atom. The van der Waals surface area contributed by atoms with Gasteiger partial charge < -0.3 is 31.9 Å². The van der Waals surface area contributed by atoms with Gasteiger partial charge in [0.1, 0.15) is 0 Å². The third kappa shape index (κ3) is 13.9. The molecule has 1 aromatic heterocycles. The largest absolute Gasteiger partial charge is 0.338 e. The van der Waals surface area contributed by atoms with Gasteiger partial charge in [-0.1, -0.05) is 65.2 Å². The Labute approximate surface area is 379 Å². The quantitative estimate of drug-likeness (QED) is 0.0737. The Morgan fingerprint density at radius 1 is 0.597 bits per heavy atom. The van der Waals surface area contributed by atoms with Crippen LogP contribution in [0.3, 0.4) is 0 Å². The standard InChI is InChI=1S/C49H95N11O2/c1-11-13-32-57(38-34-46(3,4)59(47(5,6)35-38)61-40-22-17-15-18-23-40)44-54-43(42(26-28-51)53-31-30-52-29-21-27-50)55-45(56-44)58(33-14-12-2)39-36-48(7,8)60(49(9,10)37-39)62-41-24-19-16-20-25-41/h38-42,52-53H,11-37,50-51H2,1-10H3. The summed E-state index contributed by atoms with van der Waals surface area (Å²) >= 11 is 0. The Hall–Kier alpha value is -1.71. The molecule has 5 rings (SSSR count). The summed E-state index contributed by atoms with van der Waals surface area (Å²) in [6.07, 6.45) is 22.8. The molecule has 4 aliphatic rings. The number of aromatic nitrogens is 3. The first-order valence-electron chi connectivity index (χ1n) is 25.6. The number of nitrogens with two attached hydrogens (primary N) is 2.